The van der Waals surface area contributed by atoms with E-state index in [1.165, 1.54) is 30.5 Å². The molecular formula is C11H7BrCl2N2O2S. The van der Waals surface area contributed by atoms with Crippen LogP contribution in [-0.4, -0.2) is 13.4 Å². The predicted octanol–water partition coefficient (Wildman–Crippen LogP) is 3.95. The first kappa shape index (κ1) is 14.6. The van der Waals surface area contributed by atoms with Crippen LogP contribution < -0.4 is 4.72 Å². The molecule has 0 fully saturated rings. The van der Waals surface area contributed by atoms with Crippen LogP contribution in [0.15, 0.2) is 45.9 Å². The predicted molar refractivity (Wildman–Crippen MR) is 79.2 cm³/mol. The topological polar surface area (TPSA) is 59.1 Å². The molecule has 0 aliphatic carbocycles. The first-order chi connectivity index (χ1) is 8.88. The second-order valence-corrected chi connectivity index (χ2v) is 6.95. The van der Waals surface area contributed by atoms with Gasteiger partial charge in [-0.15, -0.1) is 0 Å². The van der Waals surface area contributed by atoms with Crippen LogP contribution in [0.2, 0.25) is 10.0 Å². The van der Waals surface area contributed by atoms with E-state index in [2.05, 4.69) is 25.6 Å². The number of sulfonamides is 1. The van der Waals surface area contributed by atoms with E-state index in [1.807, 2.05) is 0 Å². The summed E-state index contributed by atoms with van der Waals surface area (Å²) in [4.78, 5) is 3.88. The molecule has 1 heterocycles. The van der Waals surface area contributed by atoms with Crippen molar-refractivity contribution in [1.82, 2.24) is 4.98 Å². The lowest BCUT2D eigenvalue weighted by Crippen LogP contribution is -2.14. The van der Waals surface area contributed by atoms with Gasteiger partial charge in [0.2, 0.25) is 0 Å². The van der Waals surface area contributed by atoms with Crippen LogP contribution in [0.1, 0.15) is 0 Å². The highest BCUT2D eigenvalue weighted by Gasteiger charge is 2.18. The van der Waals surface area contributed by atoms with Crippen molar-refractivity contribution >= 4 is 55.0 Å². The number of aromatic nitrogens is 1. The van der Waals surface area contributed by atoms with E-state index in [1.54, 1.807) is 6.07 Å². The summed E-state index contributed by atoms with van der Waals surface area (Å²) in [5.74, 6) is 0.203. The fraction of sp³-hybridized carbons (Fsp3) is 0. The Labute approximate surface area is 128 Å². The monoisotopic (exact) mass is 380 g/mol. The second-order valence-electron chi connectivity index (χ2n) is 3.54. The number of hydrogen-bond acceptors (Lipinski definition) is 3. The van der Waals surface area contributed by atoms with Gasteiger partial charge in [-0.1, -0.05) is 23.2 Å². The van der Waals surface area contributed by atoms with Crippen molar-refractivity contribution in [3.05, 3.63) is 51.0 Å². The lowest BCUT2D eigenvalue weighted by atomic mass is 10.4. The van der Waals surface area contributed by atoms with Gasteiger partial charge in [0, 0.05) is 15.7 Å². The summed E-state index contributed by atoms with van der Waals surface area (Å²) in [5.41, 5.74) is 0. The average molecular weight is 382 g/mol. The van der Waals surface area contributed by atoms with E-state index >= 15 is 0 Å². The van der Waals surface area contributed by atoms with Crippen molar-refractivity contribution in [2.75, 3.05) is 4.72 Å². The van der Waals surface area contributed by atoms with Gasteiger partial charge in [0.15, 0.2) is 0 Å². The van der Waals surface area contributed by atoms with Crippen molar-refractivity contribution in [2.24, 2.45) is 0 Å². The minimum absolute atomic E-state index is 0.0525. The Balaban J connectivity index is 2.35. The Kier molecular flexibility index (Phi) is 4.35. The second kappa shape index (κ2) is 5.66. The molecule has 0 unspecified atom stereocenters. The molecule has 0 radical (unpaired) electrons. The van der Waals surface area contributed by atoms with Crippen molar-refractivity contribution in [1.29, 1.82) is 0 Å². The van der Waals surface area contributed by atoms with Gasteiger partial charge in [0.05, 0.1) is 5.02 Å². The summed E-state index contributed by atoms with van der Waals surface area (Å²) in [6.07, 6.45) is 1.49. The van der Waals surface area contributed by atoms with Crippen LogP contribution in [0, 0.1) is 0 Å². The molecule has 0 atom stereocenters. The molecule has 0 aliphatic rings. The number of benzene rings is 1. The molecular weight excluding hydrogens is 375 g/mol. The minimum Gasteiger partial charge on any atom is -0.263 e. The third-order valence-electron chi connectivity index (χ3n) is 2.15. The van der Waals surface area contributed by atoms with Crippen molar-refractivity contribution < 1.29 is 8.42 Å². The van der Waals surface area contributed by atoms with Crippen LogP contribution in [-0.2, 0) is 10.0 Å². The van der Waals surface area contributed by atoms with E-state index in [9.17, 15) is 8.42 Å². The summed E-state index contributed by atoms with van der Waals surface area (Å²) in [5, 5.41) is 0.419. The van der Waals surface area contributed by atoms with E-state index < -0.39 is 10.0 Å². The number of anilines is 1. The summed E-state index contributed by atoms with van der Waals surface area (Å²) in [6.45, 7) is 0. The number of nitrogens with zero attached hydrogens (tertiary/aromatic N) is 1. The highest BCUT2D eigenvalue weighted by Crippen LogP contribution is 2.26. The minimum atomic E-state index is -3.79. The standard InChI is InChI=1S/C11H7BrCl2N2O2S/c12-7-1-4-11(15-6-7)16-19(17,18)10-3-2-8(13)5-9(10)14/h1-6H,(H,15,16). The SMILES string of the molecule is O=S(=O)(Nc1ccc(Br)cn1)c1ccc(Cl)cc1Cl. The lowest BCUT2D eigenvalue weighted by Gasteiger charge is -2.08. The summed E-state index contributed by atoms with van der Waals surface area (Å²) in [6, 6.07) is 7.37. The first-order valence-corrected chi connectivity index (χ1v) is 8.01. The van der Waals surface area contributed by atoms with Crippen LogP contribution in [0.3, 0.4) is 0 Å². The maximum atomic E-state index is 12.1. The van der Waals surface area contributed by atoms with Gasteiger partial charge in [0.1, 0.15) is 10.7 Å². The molecule has 0 bridgehead atoms. The zero-order valence-corrected chi connectivity index (χ0v) is 13.2. The molecule has 2 rings (SSSR count). The van der Waals surface area contributed by atoms with Gasteiger partial charge in [-0.2, -0.15) is 0 Å². The third kappa shape index (κ3) is 3.60. The van der Waals surface area contributed by atoms with Gasteiger partial charge in [-0.05, 0) is 46.3 Å². The molecule has 1 aromatic heterocycles. The highest BCUT2D eigenvalue weighted by atomic mass is 79.9. The molecule has 0 aliphatic heterocycles. The average Bonchev–Trinajstić information content (AvgIpc) is 2.31. The Morgan fingerprint density at radius 3 is 2.47 bits per heavy atom. The number of hydrogen-bond donors (Lipinski definition) is 1. The van der Waals surface area contributed by atoms with Gasteiger partial charge in [-0.3, -0.25) is 4.72 Å². The molecule has 4 nitrogen and oxygen atoms in total. The van der Waals surface area contributed by atoms with Crippen molar-refractivity contribution in [3.63, 3.8) is 0 Å². The number of pyridine rings is 1. The van der Waals surface area contributed by atoms with E-state index in [0.717, 1.165) is 4.47 Å². The Morgan fingerprint density at radius 1 is 1.16 bits per heavy atom. The fourth-order valence-corrected chi connectivity index (χ4v) is 3.34. The highest BCUT2D eigenvalue weighted by molar-refractivity contribution is 9.10. The number of rotatable bonds is 3. The van der Waals surface area contributed by atoms with Gasteiger partial charge in [-0.25, -0.2) is 13.4 Å². The molecule has 1 N–H and O–H groups in total. The molecule has 100 valence electrons. The number of halogens is 3. The normalized spacial score (nSPS) is 11.3. The van der Waals surface area contributed by atoms with E-state index in [-0.39, 0.29) is 15.7 Å². The fourth-order valence-electron chi connectivity index (χ4n) is 1.32. The maximum Gasteiger partial charge on any atom is 0.264 e. The van der Waals surface area contributed by atoms with Gasteiger partial charge < -0.3 is 0 Å². The Morgan fingerprint density at radius 2 is 1.89 bits per heavy atom. The van der Waals surface area contributed by atoms with E-state index in [4.69, 9.17) is 23.2 Å². The Hall–Kier alpha value is -0.820. The van der Waals surface area contributed by atoms with Crippen LogP contribution in [0.5, 0.6) is 0 Å². The van der Waals surface area contributed by atoms with Crippen LogP contribution in [0.4, 0.5) is 5.82 Å². The molecule has 8 heteroatoms. The van der Waals surface area contributed by atoms with Crippen LogP contribution >= 0.6 is 39.1 Å². The molecule has 1 aromatic carbocycles. The summed E-state index contributed by atoms with van der Waals surface area (Å²) < 4.78 is 27.3. The molecule has 0 saturated heterocycles. The number of nitrogens with one attached hydrogen (secondary N) is 1. The smallest absolute Gasteiger partial charge is 0.263 e. The van der Waals surface area contributed by atoms with Gasteiger partial charge in [0.25, 0.3) is 10.0 Å². The summed E-state index contributed by atoms with van der Waals surface area (Å²) in [7, 11) is -3.79. The van der Waals surface area contributed by atoms with Crippen molar-refractivity contribution in [2.45, 2.75) is 4.90 Å². The molecule has 2 aromatic rings. The molecule has 0 amide bonds. The first-order valence-electron chi connectivity index (χ1n) is 4.98. The summed E-state index contributed by atoms with van der Waals surface area (Å²) >= 11 is 14.8. The van der Waals surface area contributed by atoms with Gasteiger partial charge >= 0.3 is 0 Å². The quantitative estimate of drug-likeness (QED) is 0.875. The van der Waals surface area contributed by atoms with Crippen LogP contribution in [0.25, 0.3) is 0 Å². The third-order valence-corrected chi connectivity index (χ3v) is 4.69. The lowest BCUT2D eigenvalue weighted by molar-refractivity contribution is 0.601. The molecule has 19 heavy (non-hydrogen) atoms. The largest absolute Gasteiger partial charge is 0.264 e. The zero-order chi connectivity index (χ0) is 14.0. The Bertz CT molecular complexity index is 705. The zero-order valence-electron chi connectivity index (χ0n) is 9.27. The van der Waals surface area contributed by atoms with Crippen molar-refractivity contribution in [3.8, 4) is 0 Å². The maximum absolute atomic E-state index is 12.1. The molecule has 0 saturated carbocycles. The molecule has 0 spiro atoms. The van der Waals surface area contributed by atoms with E-state index in [0.29, 0.717) is 5.02 Å².